The highest BCUT2D eigenvalue weighted by atomic mass is 32.2. The number of benzene rings is 4. The van der Waals surface area contributed by atoms with Gasteiger partial charge in [-0.25, -0.2) is 17.9 Å². The van der Waals surface area contributed by atoms with Crippen LogP contribution in [0.5, 0.6) is 0 Å². The first kappa shape index (κ1) is 23.3. The molecule has 5 nitrogen and oxygen atoms in total. The fourth-order valence-corrected chi connectivity index (χ4v) is 5.47. The molecule has 0 radical (unpaired) electrons. The number of carbonyl (C=O) groups is 1. The zero-order valence-electron chi connectivity index (χ0n) is 18.6. The maximum absolute atomic E-state index is 13.1. The Kier molecular flexibility index (Phi) is 6.80. The largest absolute Gasteiger partial charge is 0.336 e. The molecular weight excluding hydrogens is 444 g/mol. The summed E-state index contributed by atoms with van der Waals surface area (Å²) in [5.74, 6) is 0. The van der Waals surface area contributed by atoms with Gasteiger partial charge in [0, 0.05) is 17.3 Å². The van der Waals surface area contributed by atoms with E-state index in [9.17, 15) is 13.2 Å². The van der Waals surface area contributed by atoms with Crippen LogP contribution in [0.2, 0.25) is 0 Å². The van der Waals surface area contributed by atoms with Crippen LogP contribution in [-0.2, 0) is 15.4 Å². The van der Waals surface area contributed by atoms with Gasteiger partial charge in [-0.2, -0.15) is 0 Å². The molecule has 0 saturated carbocycles. The van der Waals surface area contributed by atoms with E-state index in [2.05, 4.69) is 16.6 Å². The van der Waals surface area contributed by atoms with Crippen molar-refractivity contribution in [3.8, 4) is 0 Å². The number of nitrogens with one attached hydrogen (secondary N) is 2. The van der Waals surface area contributed by atoms with E-state index < -0.39 is 21.5 Å². The number of amides is 2. The zero-order chi connectivity index (χ0) is 24.0. The fraction of sp³-hybridized carbons (Fsp3) is 0.107. The first-order valence-electron chi connectivity index (χ1n) is 11.0. The second-order valence-corrected chi connectivity index (χ2v) is 9.72. The number of hydrogen-bond donors (Lipinski definition) is 2. The molecule has 0 spiro atoms. The molecule has 34 heavy (non-hydrogen) atoms. The van der Waals surface area contributed by atoms with Gasteiger partial charge in [-0.3, -0.25) is 0 Å². The predicted molar refractivity (Wildman–Crippen MR) is 136 cm³/mol. The molecule has 6 heteroatoms. The summed E-state index contributed by atoms with van der Waals surface area (Å²) in [6.07, 6.45) is 2.36. The van der Waals surface area contributed by atoms with Gasteiger partial charge in [0.1, 0.15) is 0 Å². The van der Waals surface area contributed by atoms with Gasteiger partial charge in [-0.15, -0.1) is 6.58 Å². The Morgan fingerprint density at radius 2 is 1.35 bits per heavy atom. The molecule has 0 bridgehead atoms. The molecule has 0 aliphatic heterocycles. The molecule has 0 fully saturated rings. The van der Waals surface area contributed by atoms with Crippen LogP contribution in [0.15, 0.2) is 121 Å². The third kappa shape index (κ3) is 4.72. The second kappa shape index (κ2) is 9.93. The fourth-order valence-electron chi connectivity index (χ4n) is 4.31. The van der Waals surface area contributed by atoms with E-state index in [1.807, 2.05) is 84.9 Å². The van der Waals surface area contributed by atoms with E-state index in [-0.39, 0.29) is 11.4 Å². The normalized spacial score (nSPS) is 11.6. The highest BCUT2D eigenvalue weighted by Gasteiger charge is 2.34. The lowest BCUT2D eigenvalue weighted by atomic mass is 9.72. The van der Waals surface area contributed by atoms with Crippen molar-refractivity contribution in [2.45, 2.75) is 16.7 Å². The van der Waals surface area contributed by atoms with Gasteiger partial charge in [0.25, 0.3) is 10.0 Å². The molecule has 0 aliphatic carbocycles. The first-order valence-corrected chi connectivity index (χ1v) is 12.4. The minimum absolute atomic E-state index is 0.0595. The van der Waals surface area contributed by atoms with E-state index in [1.54, 1.807) is 18.2 Å². The number of urea groups is 1. The summed E-state index contributed by atoms with van der Waals surface area (Å²) in [7, 11) is -4.08. The highest BCUT2D eigenvalue weighted by molar-refractivity contribution is 7.90. The van der Waals surface area contributed by atoms with Crippen LogP contribution in [-0.4, -0.2) is 21.0 Å². The topological polar surface area (TPSA) is 75.3 Å². The van der Waals surface area contributed by atoms with Crippen LogP contribution in [0.4, 0.5) is 4.79 Å². The van der Waals surface area contributed by atoms with Gasteiger partial charge in [0.2, 0.25) is 0 Å². The van der Waals surface area contributed by atoms with E-state index in [1.165, 1.54) is 6.07 Å². The maximum atomic E-state index is 13.1. The molecular formula is C28H26N2O3S. The number of rotatable bonds is 8. The third-order valence-electron chi connectivity index (χ3n) is 5.96. The van der Waals surface area contributed by atoms with Crippen LogP contribution in [0.25, 0.3) is 10.8 Å². The maximum Gasteiger partial charge on any atom is 0.328 e. The van der Waals surface area contributed by atoms with Crippen LogP contribution in [0.1, 0.15) is 17.5 Å². The molecule has 172 valence electrons. The molecule has 0 heterocycles. The smallest absolute Gasteiger partial charge is 0.328 e. The van der Waals surface area contributed by atoms with Crippen molar-refractivity contribution >= 4 is 26.8 Å². The molecule has 0 atom stereocenters. The van der Waals surface area contributed by atoms with Crippen molar-refractivity contribution in [2.24, 2.45) is 0 Å². The third-order valence-corrected chi connectivity index (χ3v) is 7.35. The quantitative estimate of drug-likeness (QED) is 0.339. The zero-order valence-corrected chi connectivity index (χ0v) is 19.5. The van der Waals surface area contributed by atoms with Crippen LogP contribution >= 0.6 is 0 Å². The lowest BCUT2D eigenvalue weighted by molar-refractivity contribution is 0.243. The number of hydrogen-bond acceptors (Lipinski definition) is 3. The number of sulfonamides is 1. The van der Waals surface area contributed by atoms with Crippen molar-refractivity contribution in [3.63, 3.8) is 0 Å². The van der Waals surface area contributed by atoms with Crippen molar-refractivity contribution < 1.29 is 13.2 Å². The molecule has 0 aromatic heterocycles. The summed E-state index contributed by atoms with van der Waals surface area (Å²) in [6, 6.07) is 31.0. The van der Waals surface area contributed by atoms with Crippen molar-refractivity contribution in [3.05, 3.63) is 127 Å². The van der Waals surface area contributed by atoms with E-state index in [0.717, 1.165) is 16.5 Å². The predicted octanol–water partition coefficient (Wildman–Crippen LogP) is 5.39. The second-order valence-electron chi connectivity index (χ2n) is 8.07. The minimum atomic E-state index is -4.08. The summed E-state index contributed by atoms with van der Waals surface area (Å²) in [4.78, 5) is 12.9. The summed E-state index contributed by atoms with van der Waals surface area (Å²) in [6.45, 7) is 4.11. The van der Waals surface area contributed by atoms with E-state index in [0.29, 0.717) is 11.8 Å². The molecule has 0 saturated heterocycles. The van der Waals surface area contributed by atoms with Crippen molar-refractivity contribution in [2.75, 3.05) is 6.54 Å². The first-order chi connectivity index (χ1) is 16.5. The lowest BCUT2D eigenvalue weighted by Crippen LogP contribution is -2.46. The molecule has 4 rings (SSSR count). The Hall–Kier alpha value is -3.90. The monoisotopic (exact) mass is 470 g/mol. The Morgan fingerprint density at radius 1 is 0.794 bits per heavy atom. The molecule has 2 amide bonds. The van der Waals surface area contributed by atoms with Gasteiger partial charge in [0.15, 0.2) is 0 Å². The highest BCUT2D eigenvalue weighted by Crippen LogP contribution is 2.35. The lowest BCUT2D eigenvalue weighted by Gasteiger charge is -2.34. The van der Waals surface area contributed by atoms with Gasteiger partial charge in [-0.1, -0.05) is 103 Å². The average molecular weight is 471 g/mol. The molecule has 4 aromatic carbocycles. The Labute approximate surface area is 200 Å². The van der Waals surface area contributed by atoms with Crippen LogP contribution in [0, 0.1) is 0 Å². The molecule has 2 N–H and O–H groups in total. The molecule has 4 aromatic rings. The van der Waals surface area contributed by atoms with Gasteiger partial charge < -0.3 is 5.32 Å². The summed E-state index contributed by atoms with van der Waals surface area (Å²) in [5.41, 5.74) is 1.39. The average Bonchev–Trinajstić information content (AvgIpc) is 2.87. The van der Waals surface area contributed by atoms with Crippen molar-refractivity contribution in [1.29, 1.82) is 0 Å². The van der Waals surface area contributed by atoms with Gasteiger partial charge >= 0.3 is 6.03 Å². The number of fused-ring (bicyclic) bond motifs is 1. The Morgan fingerprint density at radius 3 is 1.97 bits per heavy atom. The van der Waals surface area contributed by atoms with Gasteiger partial charge in [0.05, 0.1) is 4.90 Å². The summed E-state index contributed by atoms with van der Waals surface area (Å²) < 4.78 is 28.3. The minimum Gasteiger partial charge on any atom is -0.336 e. The van der Waals surface area contributed by atoms with Crippen molar-refractivity contribution in [1.82, 2.24) is 10.0 Å². The Balaban J connectivity index is 1.62. The van der Waals surface area contributed by atoms with Crippen LogP contribution < -0.4 is 10.0 Å². The Bertz CT molecular complexity index is 1360. The van der Waals surface area contributed by atoms with E-state index in [4.69, 9.17) is 0 Å². The standard InChI is InChI=1S/C28H26N2O3S/c1-2-20-28(23-14-5-3-6-15-23,24-16-7-4-8-17-24)21-29-27(31)30-34(32,33)26-19-11-13-22-12-9-10-18-25(22)26/h2-19H,1,20-21H2,(H2,29,30,31). The number of allylic oxidation sites excluding steroid dienone is 1. The SMILES string of the molecule is C=CCC(CNC(=O)NS(=O)(=O)c1cccc2ccccc12)(c1ccccc1)c1ccccc1. The number of carbonyl (C=O) groups excluding carboxylic acids is 1. The van der Waals surface area contributed by atoms with Gasteiger partial charge in [-0.05, 0) is 29.0 Å². The molecule has 0 unspecified atom stereocenters. The van der Waals surface area contributed by atoms with E-state index >= 15 is 0 Å². The molecule has 0 aliphatic rings. The van der Waals surface area contributed by atoms with Crippen LogP contribution in [0.3, 0.4) is 0 Å². The summed E-state index contributed by atoms with van der Waals surface area (Å²) in [5, 5.41) is 4.14. The summed E-state index contributed by atoms with van der Waals surface area (Å²) >= 11 is 0.